The summed E-state index contributed by atoms with van der Waals surface area (Å²) in [6.45, 7) is 10.2. The van der Waals surface area contributed by atoms with Gasteiger partial charge in [-0.1, -0.05) is 11.6 Å². The summed E-state index contributed by atoms with van der Waals surface area (Å²) >= 11 is 6.35. The normalized spacial score (nSPS) is 19.4. The van der Waals surface area contributed by atoms with Crippen LogP contribution in [0.3, 0.4) is 0 Å². The van der Waals surface area contributed by atoms with Gasteiger partial charge in [-0.3, -0.25) is 14.3 Å². The Kier molecular flexibility index (Phi) is 4.75. The van der Waals surface area contributed by atoms with Crippen LogP contribution in [0.5, 0.6) is 0 Å². The molecule has 0 aromatic carbocycles. The number of ether oxygens (including phenoxy) is 1. The van der Waals surface area contributed by atoms with E-state index in [-0.39, 0.29) is 6.10 Å². The third kappa shape index (κ3) is 3.59. The molecule has 0 aliphatic carbocycles. The van der Waals surface area contributed by atoms with Crippen LogP contribution in [0.2, 0.25) is 5.15 Å². The molecule has 0 radical (unpaired) electrons. The predicted molar refractivity (Wildman–Crippen MR) is 89.7 cm³/mol. The quantitative estimate of drug-likeness (QED) is 0.857. The van der Waals surface area contributed by atoms with Gasteiger partial charge in [-0.05, 0) is 26.8 Å². The minimum Gasteiger partial charge on any atom is -0.374 e. The first-order chi connectivity index (χ1) is 10.9. The van der Waals surface area contributed by atoms with Crippen LogP contribution in [-0.4, -0.2) is 50.3 Å². The second-order valence-electron chi connectivity index (χ2n) is 6.32. The Bertz CT molecular complexity index is 693. The molecule has 7 heteroatoms. The molecule has 0 saturated carbocycles. The fourth-order valence-corrected chi connectivity index (χ4v) is 3.40. The summed E-state index contributed by atoms with van der Waals surface area (Å²) in [7, 11) is 1.88. The number of aromatic nitrogens is 4. The van der Waals surface area contributed by atoms with Crippen molar-refractivity contribution in [2.24, 2.45) is 7.05 Å². The second-order valence-corrected chi connectivity index (χ2v) is 6.67. The first-order valence-electron chi connectivity index (χ1n) is 7.97. The standard InChI is InChI=1S/C16H24ClN5O/c1-11-7-12(2)22(18-11)9-14-8-21(5-6-23-14)10-15-13(3)19-20(4)16(15)17/h7,14H,5-6,8-10H2,1-4H3/t14-/m1/s1. The average Bonchev–Trinajstić information content (AvgIpc) is 2.93. The molecule has 1 atom stereocenters. The summed E-state index contributed by atoms with van der Waals surface area (Å²) in [5.74, 6) is 0. The molecule has 3 heterocycles. The third-order valence-corrected chi connectivity index (χ3v) is 4.83. The van der Waals surface area contributed by atoms with E-state index in [0.717, 1.165) is 54.9 Å². The van der Waals surface area contributed by atoms with Crippen LogP contribution in [0.15, 0.2) is 6.07 Å². The van der Waals surface area contributed by atoms with E-state index in [1.54, 1.807) is 4.68 Å². The van der Waals surface area contributed by atoms with E-state index >= 15 is 0 Å². The summed E-state index contributed by atoms with van der Waals surface area (Å²) in [6.07, 6.45) is 0.150. The summed E-state index contributed by atoms with van der Waals surface area (Å²) in [4.78, 5) is 2.38. The Hall–Kier alpha value is -1.37. The number of morpholine rings is 1. The Morgan fingerprint density at radius 2 is 2.09 bits per heavy atom. The number of halogens is 1. The molecule has 1 aliphatic heterocycles. The Balaban J connectivity index is 1.65. The monoisotopic (exact) mass is 337 g/mol. The van der Waals surface area contributed by atoms with Crippen LogP contribution >= 0.6 is 11.6 Å². The molecule has 0 N–H and O–H groups in total. The fourth-order valence-electron chi connectivity index (χ4n) is 3.16. The van der Waals surface area contributed by atoms with E-state index < -0.39 is 0 Å². The molecule has 2 aromatic rings. The van der Waals surface area contributed by atoms with Gasteiger partial charge >= 0.3 is 0 Å². The van der Waals surface area contributed by atoms with Crippen LogP contribution in [0, 0.1) is 20.8 Å². The number of aryl methyl sites for hydroxylation is 4. The maximum Gasteiger partial charge on any atom is 0.131 e. The molecule has 0 bridgehead atoms. The van der Waals surface area contributed by atoms with Gasteiger partial charge in [0.25, 0.3) is 0 Å². The molecular weight excluding hydrogens is 314 g/mol. The first kappa shape index (κ1) is 16.5. The van der Waals surface area contributed by atoms with Gasteiger partial charge in [-0.15, -0.1) is 0 Å². The molecule has 3 rings (SSSR count). The van der Waals surface area contributed by atoms with Crippen molar-refractivity contribution in [3.05, 3.63) is 33.9 Å². The smallest absolute Gasteiger partial charge is 0.131 e. The highest BCUT2D eigenvalue weighted by atomic mass is 35.5. The SMILES string of the molecule is Cc1cc(C)n(C[C@H]2CN(Cc3c(C)nn(C)c3Cl)CCO2)n1. The van der Waals surface area contributed by atoms with Crippen molar-refractivity contribution in [2.75, 3.05) is 19.7 Å². The average molecular weight is 338 g/mol. The lowest BCUT2D eigenvalue weighted by molar-refractivity contribution is -0.0405. The van der Waals surface area contributed by atoms with Gasteiger partial charge in [0.2, 0.25) is 0 Å². The van der Waals surface area contributed by atoms with Crippen LogP contribution in [0.4, 0.5) is 0 Å². The van der Waals surface area contributed by atoms with Crippen LogP contribution < -0.4 is 0 Å². The van der Waals surface area contributed by atoms with Gasteiger partial charge < -0.3 is 4.74 Å². The van der Waals surface area contributed by atoms with E-state index in [0.29, 0.717) is 0 Å². The highest BCUT2D eigenvalue weighted by molar-refractivity contribution is 6.30. The zero-order chi connectivity index (χ0) is 16.6. The van der Waals surface area contributed by atoms with Crippen LogP contribution in [-0.2, 0) is 24.9 Å². The highest BCUT2D eigenvalue weighted by Crippen LogP contribution is 2.22. The molecule has 0 amide bonds. The van der Waals surface area contributed by atoms with Crippen molar-refractivity contribution >= 4 is 11.6 Å². The topological polar surface area (TPSA) is 48.1 Å². The van der Waals surface area contributed by atoms with Gasteiger partial charge in [0, 0.05) is 37.9 Å². The molecule has 1 aliphatic rings. The predicted octanol–water partition coefficient (Wildman–Crippen LogP) is 2.10. The lowest BCUT2D eigenvalue weighted by Gasteiger charge is -2.33. The lowest BCUT2D eigenvalue weighted by atomic mass is 10.2. The molecule has 1 fully saturated rings. The van der Waals surface area contributed by atoms with Gasteiger partial charge in [-0.25, -0.2) is 0 Å². The zero-order valence-corrected chi connectivity index (χ0v) is 15.0. The summed E-state index contributed by atoms with van der Waals surface area (Å²) in [5, 5.41) is 9.64. The van der Waals surface area contributed by atoms with Crippen LogP contribution in [0.25, 0.3) is 0 Å². The van der Waals surface area contributed by atoms with Crippen molar-refractivity contribution in [1.82, 2.24) is 24.5 Å². The van der Waals surface area contributed by atoms with Gasteiger partial charge in [-0.2, -0.15) is 10.2 Å². The Morgan fingerprint density at radius 3 is 2.70 bits per heavy atom. The van der Waals surface area contributed by atoms with Crippen LogP contribution in [0.1, 0.15) is 22.6 Å². The minimum absolute atomic E-state index is 0.150. The van der Waals surface area contributed by atoms with E-state index in [1.165, 1.54) is 5.69 Å². The molecule has 0 spiro atoms. The number of rotatable bonds is 4. The van der Waals surface area contributed by atoms with E-state index in [4.69, 9.17) is 16.3 Å². The molecule has 6 nitrogen and oxygen atoms in total. The van der Waals surface area contributed by atoms with E-state index in [1.807, 2.05) is 25.6 Å². The highest BCUT2D eigenvalue weighted by Gasteiger charge is 2.24. The zero-order valence-electron chi connectivity index (χ0n) is 14.2. The number of nitrogens with zero attached hydrogens (tertiary/aromatic N) is 5. The maximum atomic E-state index is 6.35. The van der Waals surface area contributed by atoms with E-state index in [9.17, 15) is 0 Å². The van der Waals surface area contributed by atoms with Crippen molar-refractivity contribution in [3.63, 3.8) is 0 Å². The van der Waals surface area contributed by atoms with Crippen molar-refractivity contribution in [1.29, 1.82) is 0 Å². The molecule has 1 saturated heterocycles. The van der Waals surface area contributed by atoms with Gasteiger partial charge in [0.1, 0.15) is 5.15 Å². The maximum absolute atomic E-state index is 6.35. The summed E-state index contributed by atoms with van der Waals surface area (Å²) in [6, 6.07) is 2.10. The molecular formula is C16H24ClN5O. The Labute approximate surface area is 142 Å². The molecule has 126 valence electrons. The van der Waals surface area contributed by atoms with Crippen molar-refractivity contribution in [2.45, 2.75) is 40.0 Å². The van der Waals surface area contributed by atoms with Gasteiger partial charge in [0.15, 0.2) is 0 Å². The third-order valence-electron chi connectivity index (χ3n) is 4.35. The largest absolute Gasteiger partial charge is 0.374 e. The Morgan fingerprint density at radius 1 is 1.30 bits per heavy atom. The number of hydrogen-bond donors (Lipinski definition) is 0. The van der Waals surface area contributed by atoms with E-state index in [2.05, 4.69) is 28.1 Å². The first-order valence-corrected chi connectivity index (χ1v) is 8.35. The molecule has 0 unspecified atom stereocenters. The second kappa shape index (κ2) is 6.63. The van der Waals surface area contributed by atoms with Crippen molar-refractivity contribution < 1.29 is 4.74 Å². The molecule has 23 heavy (non-hydrogen) atoms. The summed E-state index contributed by atoms with van der Waals surface area (Å²) < 4.78 is 9.69. The molecule has 2 aromatic heterocycles. The lowest BCUT2D eigenvalue weighted by Crippen LogP contribution is -2.44. The summed E-state index contributed by atoms with van der Waals surface area (Å²) in [5.41, 5.74) is 4.34. The minimum atomic E-state index is 0.150. The van der Waals surface area contributed by atoms with Gasteiger partial charge in [0.05, 0.1) is 30.6 Å². The fraction of sp³-hybridized carbons (Fsp3) is 0.625. The number of hydrogen-bond acceptors (Lipinski definition) is 4. The van der Waals surface area contributed by atoms with Crippen molar-refractivity contribution in [3.8, 4) is 0 Å².